The molecule has 1 aliphatic rings. The predicted octanol–water partition coefficient (Wildman–Crippen LogP) is -0.0794. The van der Waals surface area contributed by atoms with Gasteiger partial charge >= 0.3 is 0 Å². The van der Waals surface area contributed by atoms with Gasteiger partial charge in [0.1, 0.15) is 0 Å². The Balaban J connectivity index is 2.23. The fraction of sp³-hybridized carbons (Fsp3) is 0.750. The molecule has 1 saturated heterocycles. The molecule has 4 heteroatoms. The van der Waals surface area contributed by atoms with E-state index in [9.17, 15) is 9.59 Å². The average Bonchev–Trinajstić information content (AvgIpc) is 2.01. The molecule has 1 rings (SSSR count). The van der Waals surface area contributed by atoms with E-state index in [-0.39, 0.29) is 17.9 Å². The van der Waals surface area contributed by atoms with Crippen molar-refractivity contribution in [2.45, 2.75) is 38.1 Å². The summed E-state index contributed by atoms with van der Waals surface area (Å²) >= 11 is 0. The Hall–Kier alpha value is -1.06. The van der Waals surface area contributed by atoms with Crippen molar-refractivity contribution in [2.24, 2.45) is 5.73 Å². The van der Waals surface area contributed by atoms with Crippen LogP contribution >= 0.6 is 0 Å². The molecule has 0 aromatic rings. The molecule has 0 aliphatic carbocycles. The summed E-state index contributed by atoms with van der Waals surface area (Å²) in [6.07, 6.45) is 3.56. The van der Waals surface area contributed by atoms with Crippen LogP contribution in [0.3, 0.4) is 0 Å². The zero-order chi connectivity index (χ0) is 8.97. The summed E-state index contributed by atoms with van der Waals surface area (Å²) in [6, 6.07) is 0.166. The lowest BCUT2D eigenvalue weighted by molar-refractivity contribution is -0.124. The second-order valence-electron chi connectivity index (χ2n) is 3.16. The van der Waals surface area contributed by atoms with Gasteiger partial charge in [-0.05, 0) is 19.3 Å². The molecule has 1 fully saturated rings. The Kier molecular flexibility index (Phi) is 3.08. The standard InChI is InChI=1S/C8H14N2O2/c9-7(11)5-4-6-2-1-3-8(12)10-6/h6H,1-5H2,(H2,9,11)(H,10,12). The van der Waals surface area contributed by atoms with Crippen LogP contribution in [-0.4, -0.2) is 17.9 Å². The summed E-state index contributed by atoms with van der Waals surface area (Å²) in [5.41, 5.74) is 4.99. The molecule has 0 bridgehead atoms. The fourth-order valence-electron chi connectivity index (χ4n) is 1.41. The molecular formula is C8H14N2O2. The zero-order valence-electron chi connectivity index (χ0n) is 7.01. The molecule has 1 atom stereocenters. The molecule has 0 radical (unpaired) electrons. The first-order valence-corrected chi connectivity index (χ1v) is 4.26. The molecule has 1 aliphatic heterocycles. The number of carbonyl (C=O) groups excluding carboxylic acids is 2. The second-order valence-corrected chi connectivity index (χ2v) is 3.16. The Labute approximate surface area is 71.5 Å². The molecular weight excluding hydrogens is 156 g/mol. The number of nitrogens with one attached hydrogen (secondary N) is 1. The van der Waals surface area contributed by atoms with Crippen molar-refractivity contribution < 1.29 is 9.59 Å². The lowest BCUT2D eigenvalue weighted by atomic mass is 10.00. The van der Waals surface area contributed by atoms with E-state index in [1.807, 2.05) is 0 Å². The van der Waals surface area contributed by atoms with Crippen molar-refractivity contribution in [3.63, 3.8) is 0 Å². The van der Waals surface area contributed by atoms with Crippen molar-refractivity contribution >= 4 is 11.8 Å². The Morgan fingerprint density at radius 3 is 3.00 bits per heavy atom. The van der Waals surface area contributed by atoms with E-state index < -0.39 is 0 Å². The van der Waals surface area contributed by atoms with Gasteiger partial charge in [-0.3, -0.25) is 9.59 Å². The molecule has 0 saturated carbocycles. The minimum atomic E-state index is -0.296. The Bertz CT molecular complexity index is 191. The molecule has 0 spiro atoms. The number of primary amides is 1. The normalized spacial score (nSPS) is 23.3. The van der Waals surface area contributed by atoms with Gasteiger partial charge in [0, 0.05) is 18.9 Å². The zero-order valence-corrected chi connectivity index (χ0v) is 7.01. The maximum absolute atomic E-state index is 10.9. The van der Waals surface area contributed by atoms with E-state index >= 15 is 0 Å². The van der Waals surface area contributed by atoms with Gasteiger partial charge in [-0.25, -0.2) is 0 Å². The molecule has 0 aromatic heterocycles. The van der Waals surface area contributed by atoms with Crippen molar-refractivity contribution in [3.05, 3.63) is 0 Å². The van der Waals surface area contributed by atoms with Crippen LogP contribution in [0.15, 0.2) is 0 Å². The van der Waals surface area contributed by atoms with Crippen LogP contribution < -0.4 is 11.1 Å². The lowest BCUT2D eigenvalue weighted by Crippen LogP contribution is -2.39. The average molecular weight is 170 g/mol. The number of hydrogen-bond acceptors (Lipinski definition) is 2. The minimum Gasteiger partial charge on any atom is -0.370 e. The molecule has 2 amide bonds. The highest BCUT2D eigenvalue weighted by Gasteiger charge is 2.17. The van der Waals surface area contributed by atoms with E-state index in [0.29, 0.717) is 19.3 Å². The fourth-order valence-corrected chi connectivity index (χ4v) is 1.41. The second kappa shape index (κ2) is 4.09. The van der Waals surface area contributed by atoms with Gasteiger partial charge in [0.05, 0.1) is 0 Å². The van der Waals surface area contributed by atoms with Crippen molar-refractivity contribution in [3.8, 4) is 0 Å². The topological polar surface area (TPSA) is 72.2 Å². The summed E-state index contributed by atoms with van der Waals surface area (Å²) in [5, 5.41) is 2.82. The van der Waals surface area contributed by atoms with Gasteiger partial charge in [-0.15, -0.1) is 0 Å². The number of piperidine rings is 1. The van der Waals surface area contributed by atoms with Gasteiger partial charge in [0.2, 0.25) is 11.8 Å². The van der Waals surface area contributed by atoms with Gasteiger partial charge in [0.15, 0.2) is 0 Å². The quantitative estimate of drug-likeness (QED) is 0.621. The number of nitrogens with two attached hydrogens (primary N) is 1. The Morgan fingerprint density at radius 2 is 2.42 bits per heavy atom. The number of amides is 2. The van der Waals surface area contributed by atoms with E-state index in [4.69, 9.17) is 5.73 Å². The predicted molar refractivity (Wildman–Crippen MR) is 44.2 cm³/mol. The van der Waals surface area contributed by atoms with Crippen molar-refractivity contribution in [2.75, 3.05) is 0 Å². The van der Waals surface area contributed by atoms with E-state index in [1.165, 1.54) is 0 Å². The monoisotopic (exact) mass is 170 g/mol. The van der Waals surface area contributed by atoms with Crippen LogP contribution in [-0.2, 0) is 9.59 Å². The maximum Gasteiger partial charge on any atom is 0.220 e. The highest BCUT2D eigenvalue weighted by molar-refractivity contribution is 5.77. The smallest absolute Gasteiger partial charge is 0.220 e. The van der Waals surface area contributed by atoms with Gasteiger partial charge < -0.3 is 11.1 Å². The first-order valence-electron chi connectivity index (χ1n) is 4.26. The van der Waals surface area contributed by atoms with Gasteiger partial charge in [-0.2, -0.15) is 0 Å². The third-order valence-electron chi connectivity index (χ3n) is 2.06. The van der Waals surface area contributed by atoms with E-state index in [1.54, 1.807) is 0 Å². The Morgan fingerprint density at radius 1 is 1.67 bits per heavy atom. The van der Waals surface area contributed by atoms with Crippen LogP contribution in [0.4, 0.5) is 0 Å². The third-order valence-corrected chi connectivity index (χ3v) is 2.06. The van der Waals surface area contributed by atoms with Crippen LogP contribution in [0.5, 0.6) is 0 Å². The minimum absolute atomic E-state index is 0.0933. The summed E-state index contributed by atoms with van der Waals surface area (Å²) in [4.78, 5) is 21.3. The maximum atomic E-state index is 10.9. The number of carbonyl (C=O) groups is 2. The van der Waals surface area contributed by atoms with Crippen LogP contribution in [0, 0.1) is 0 Å². The molecule has 1 unspecified atom stereocenters. The number of hydrogen-bond donors (Lipinski definition) is 2. The first kappa shape index (κ1) is 9.03. The lowest BCUT2D eigenvalue weighted by Gasteiger charge is -2.22. The molecule has 68 valence electrons. The van der Waals surface area contributed by atoms with E-state index in [2.05, 4.69) is 5.32 Å². The van der Waals surface area contributed by atoms with Crippen molar-refractivity contribution in [1.82, 2.24) is 5.32 Å². The molecule has 1 heterocycles. The largest absolute Gasteiger partial charge is 0.370 e. The van der Waals surface area contributed by atoms with Crippen LogP contribution in [0.2, 0.25) is 0 Å². The summed E-state index contributed by atoms with van der Waals surface area (Å²) < 4.78 is 0. The highest BCUT2D eigenvalue weighted by Crippen LogP contribution is 2.11. The first-order chi connectivity index (χ1) is 5.68. The third kappa shape index (κ3) is 2.90. The molecule has 0 aromatic carbocycles. The molecule has 3 N–H and O–H groups in total. The van der Waals surface area contributed by atoms with Gasteiger partial charge in [0.25, 0.3) is 0 Å². The summed E-state index contributed by atoms with van der Waals surface area (Å²) in [6.45, 7) is 0. The van der Waals surface area contributed by atoms with Gasteiger partial charge in [-0.1, -0.05) is 0 Å². The number of rotatable bonds is 3. The highest BCUT2D eigenvalue weighted by atomic mass is 16.2. The SMILES string of the molecule is NC(=O)CCC1CCCC(=O)N1. The summed E-state index contributed by atoms with van der Waals surface area (Å²) in [5.74, 6) is -0.203. The van der Waals surface area contributed by atoms with Crippen LogP contribution in [0.1, 0.15) is 32.1 Å². The van der Waals surface area contributed by atoms with Crippen LogP contribution in [0.25, 0.3) is 0 Å². The molecule has 12 heavy (non-hydrogen) atoms. The van der Waals surface area contributed by atoms with Crippen molar-refractivity contribution in [1.29, 1.82) is 0 Å². The molecule has 4 nitrogen and oxygen atoms in total. The summed E-state index contributed by atoms with van der Waals surface area (Å²) in [7, 11) is 0. The van der Waals surface area contributed by atoms with E-state index in [0.717, 1.165) is 12.8 Å².